The maximum atomic E-state index is 11.6. The summed E-state index contributed by atoms with van der Waals surface area (Å²) in [6.45, 7) is 0.350. The van der Waals surface area contributed by atoms with E-state index in [4.69, 9.17) is 14.3 Å². The molecule has 0 fully saturated rings. The zero-order valence-corrected chi connectivity index (χ0v) is 10.2. The quantitative estimate of drug-likeness (QED) is 0.734. The number of rotatable bonds is 7. The number of furan rings is 1. The number of hydrogen-bond acceptors (Lipinski definition) is 5. The second kappa shape index (κ2) is 5.83. The van der Waals surface area contributed by atoms with Gasteiger partial charge in [-0.1, -0.05) is 0 Å². The molecule has 0 unspecified atom stereocenters. The smallest absolute Gasteiger partial charge is 0.339 e. The normalized spacial score (nSPS) is 11.6. The summed E-state index contributed by atoms with van der Waals surface area (Å²) in [4.78, 5) is 10.8. The van der Waals surface area contributed by atoms with E-state index in [1.54, 1.807) is 0 Å². The summed E-state index contributed by atoms with van der Waals surface area (Å²) in [5.74, 6) is -1.68. The molecule has 0 aromatic carbocycles. The van der Waals surface area contributed by atoms with E-state index < -0.39 is 21.6 Å². The lowest BCUT2D eigenvalue weighted by Crippen LogP contribution is -2.12. The first-order valence-electron chi connectivity index (χ1n) is 4.95. The highest BCUT2D eigenvalue weighted by atomic mass is 32.2. The van der Waals surface area contributed by atoms with Crippen LogP contribution in [0.25, 0.3) is 0 Å². The van der Waals surface area contributed by atoms with Gasteiger partial charge in [0, 0.05) is 13.7 Å². The number of ether oxygens (including phenoxy) is 1. The second-order valence-corrected chi connectivity index (χ2v) is 5.69. The first-order valence-corrected chi connectivity index (χ1v) is 6.77. The van der Waals surface area contributed by atoms with Crippen LogP contribution in [0.4, 0.5) is 0 Å². The highest BCUT2D eigenvalue weighted by molar-refractivity contribution is 7.90. The van der Waals surface area contributed by atoms with Crippen LogP contribution in [0.15, 0.2) is 16.7 Å². The molecule has 7 heteroatoms. The molecule has 0 bridgehead atoms. The van der Waals surface area contributed by atoms with Crippen LogP contribution in [0, 0.1) is 0 Å². The predicted octanol–water partition coefficient (Wildman–Crippen LogP) is 0.929. The Labute approximate surface area is 99.1 Å². The maximum absolute atomic E-state index is 11.6. The molecule has 1 aromatic rings. The molecule has 0 saturated carbocycles. The number of carbonyl (C=O) groups is 1. The number of carboxylic acid groups (broad SMARTS) is 1. The van der Waals surface area contributed by atoms with Crippen molar-refractivity contribution in [2.45, 2.75) is 12.2 Å². The molecule has 0 atom stereocenters. The minimum atomic E-state index is -3.37. The lowest BCUT2D eigenvalue weighted by Gasteiger charge is -2.02. The molecule has 1 N–H and O–H groups in total. The van der Waals surface area contributed by atoms with Gasteiger partial charge in [-0.2, -0.15) is 0 Å². The maximum Gasteiger partial charge on any atom is 0.339 e. The van der Waals surface area contributed by atoms with Gasteiger partial charge in [0.05, 0.1) is 12.0 Å². The number of hydrogen-bond donors (Lipinski definition) is 1. The Morgan fingerprint density at radius 3 is 2.82 bits per heavy atom. The Kier molecular flexibility index (Phi) is 4.71. The largest absolute Gasteiger partial charge is 0.478 e. The van der Waals surface area contributed by atoms with Gasteiger partial charge < -0.3 is 14.3 Å². The molecule has 0 aliphatic heterocycles. The third-order valence-electron chi connectivity index (χ3n) is 2.13. The fourth-order valence-electron chi connectivity index (χ4n) is 1.34. The van der Waals surface area contributed by atoms with Gasteiger partial charge in [-0.15, -0.1) is 0 Å². The van der Waals surface area contributed by atoms with Gasteiger partial charge in [0.2, 0.25) is 0 Å². The Morgan fingerprint density at radius 1 is 1.53 bits per heavy atom. The Morgan fingerprint density at radius 2 is 2.24 bits per heavy atom. The molecule has 1 heterocycles. The molecule has 0 aliphatic carbocycles. The Balaban J connectivity index is 2.69. The minimum Gasteiger partial charge on any atom is -0.478 e. The van der Waals surface area contributed by atoms with Crippen LogP contribution < -0.4 is 0 Å². The van der Waals surface area contributed by atoms with E-state index in [9.17, 15) is 13.2 Å². The summed E-state index contributed by atoms with van der Waals surface area (Å²) < 4.78 is 32.9. The van der Waals surface area contributed by atoms with Crippen molar-refractivity contribution < 1.29 is 27.5 Å². The van der Waals surface area contributed by atoms with Crippen LogP contribution >= 0.6 is 0 Å². The van der Waals surface area contributed by atoms with Crippen LogP contribution in [0.2, 0.25) is 0 Å². The number of methoxy groups -OCH3 is 1. The number of aromatic carboxylic acids is 1. The standard InChI is InChI=1S/C10H14O6S/c1-15-4-2-6-17(13,14)7-9-8(10(11)12)3-5-16-9/h3,5H,2,4,6-7H2,1H3,(H,11,12). The van der Waals surface area contributed by atoms with Gasteiger partial charge in [-0.05, 0) is 12.5 Å². The van der Waals surface area contributed by atoms with Crippen molar-refractivity contribution in [3.63, 3.8) is 0 Å². The third kappa shape index (κ3) is 4.20. The Bertz CT molecular complexity index is 473. The average molecular weight is 262 g/mol. The lowest BCUT2D eigenvalue weighted by atomic mass is 10.3. The number of sulfone groups is 1. The second-order valence-electron chi connectivity index (χ2n) is 3.50. The molecule has 17 heavy (non-hydrogen) atoms. The Hall–Kier alpha value is -1.34. The third-order valence-corrected chi connectivity index (χ3v) is 3.74. The van der Waals surface area contributed by atoms with Crippen molar-refractivity contribution in [1.29, 1.82) is 0 Å². The van der Waals surface area contributed by atoms with E-state index in [1.165, 1.54) is 19.4 Å². The molecular formula is C10H14O6S. The molecule has 1 aromatic heterocycles. The summed E-state index contributed by atoms with van der Waals surface area (Å²) in [7, 11) is -1.88. The lowest BCUT2D eigenvalue weighted by molar-refractivity contribution is 0.0695. The van der Waals surface area contributed by atoms with E-state index in [1.807, 2.05) is 0 Å². The predicted molar refractivity (Wildman–Crippen MR) is 59.7 cm³/mol. The monoisotopic (exact) mass is 262 g/mol. The summed E-state index contributed by atoms with van der Waals surface area (Å²) in [5.41, 5.74) is -0.111. The van der Waals surface area contributed by atoms with Crippen LogP contribution in [0.5, 0.6) is 0 Å². The van der Waals surface area contributed by atoms with Gasteiger partial charge in [-0.25, -0.2) is 13.2 Å². The van der Waals surface area contributed by atoms with Crippen LogP contribution in [0.1, 0.15) is 22.5 Å². The summed E-state index contributed by atoms with van der Waals surface area (Å²) in [6, 6.07) is 1.24. The topological polar surface area (TPSA) is 93.8 Å². The van der Waals surface area contributed by atoms with E-state index in [0.717, 1.165) is 0 Å². The van der Waals surface area contributed by atoms with Crippen molar-refractivity contribution in [2.75, 3.05) is 19.5 Å². The van der Waals surface area contributed by atoms with Crippen molar-refractivity contribution in [2.24, 2.45) is 0 Å². The van der Waals surface area contributed by atoms with E-state index in [0.29, 0.717) is 13.0 Å². The molecule has 0 amide bonds. The SMILES string of the molecule is COCCCS(=O)(=O)Cc1occc1C(=O)O. The van der Waals surface area contributed by atoms with E-state index in [-0.39, 0.29) is 17.1 Å². The molecule has 96 valence electrons. The van der Waals surface area contributed by atoms with Crippen molar-refractivity contribution in [1.82, 2.24) is 0 Å². The van der Waals surface area contributed by atoms with Gasteiger partial charge in [0.25, 0.3) is 0 Å². The molecule has 6 nitrogen and oxygen atoms in total. The fourth-order valence-corrected chi connectivity index (χ4v) is 2.66. The fraction of sp³-hybridized carbons (Fsp3) is 0.500. The van der Waals surface area contributed by atoms with Crippen molar-refractivity contribution >= 4 is 15.8 Å². The molecule has 1 rings (SSSR count). The molecule has 0 radical (unpaired) electrons. The zero-order valence-electron chi connectivity index (χ0n) is 9.38. The molecule has 0 saturated heterocycles. The van der Waals surface area contributed by atoms with Crippen LogP contribution in [0.3, 0.4) is 0 Å². The highest BCUT2D eigenvalue weighted by Gasteiger charge is 2.20. The van der Waals surface area contributed by atoms with Gasteiger partial charge in [0.15, 0.2) is 9.84 Å². The minimum absolute atomic E-state index is 0.0325. The van der Waals surface area contributed by atoms with E-state index >= 15 is 0 Å². The van der Waals surface area contributed by atoms with Crippen LogP contribution in [-0.2, 0) is 20.3 Å². The summed E-state index contributed by atoms with van der Waals surface area (Å²) in [5, 5.41) is 8.79. The highest BCUT2D eigenvalue weighted by Crippen LogP contribution is 2.15. The molecule has 0 aliphatic rings. The zero-order chi connectivity index (χ0) is 12.9. The molecular weight excluding hydrogens is 248 g/mol. The van der Waals surface area contributed by atoms with Crippen molar-refractivity contribution in [3.8, 4) is 0 Å². The van der Waals surface area contributed by atoms with Crippen LogP contribution in [-0.4, -0.2) is 39.0 Å². The first kappa shape index (κ1) is 13.7. The van der Waals surface area contributed by atoms with Gasteiger partial charge in [-0.3, -0.25) is 0 Å². The van der Waals surface area contributed by atoms with E-state index in [2.05, 4.69) is 0 Å². The number of carboxylic acids is 1. The average Bonchev–Trinajstić information content (AvgIpc) is 2.65. The molecule has 0 spiro atoms. The summed E-state index contributed by atoms with van der Waals surface area (Å²) >= 11 is 0. The summed E-state index contributed by atoms with van der Waals surface area (Å²) in [6.07, 6.45) is 1.55. The van der Waals surface area contributed by atoms with Gasteiger partial charge >= 0.3 is 5.97 Å². The van der Waals surface area contributed by atoms with Crippen molar-refractivity contribution in [3.05, 3.63) is 23.7 Å². The van der Waals surface area contributed by atoms with Gasteiger partial charge in [0.1, 0.15) is 17.1 Å². The first-order chi connectivity index (χ1) is 7.96.